The van der Waals surface area contributed by atoms with Crippen molar-refractivity contribution in [3.05, 3.63) is 35.4 Å². The molecule has 0 amide bonds. The molecule has 1 aliphatic heterocycles. The van der Waals surface area contributed by atoms with Gasteiger partial charge >= 0.3 is 0 Å². The molecular weight excluding hydrogens is 316 g/mol. The molecule has 0 bridgehead atoms. The Labute approximate surface area is 151 Å². The first-order chi connectivity index (χ1) is 12.1. The monoisotopic (exact) mass is 348 g/mol. The van der Waals surface area contributed by atoms with Gasteiger partial charge in [-0.25, -0.2) is 0 Å². The minimum absolute atomic E-state index is 0.127. The van der Waals surface area contributed by atoms with Gasteiger partial charge in [0.05, 0.1) is 24.9 Å². The summed E-state index contributed by atoms with van der Waals surface area (Å²) >= 11 is 0. The molecule has 1 aromatic rings. The van der Waals surface area contributed by atoms with E-state index in [1.165, 1.54) is 11.1 Å². The van der Waals surface area contributed by atoms with Crippen LogP contribution in [0.5, 0.6) is 0 Å². The summed E-state index contributed by atoms with van der Waals surface area (Å²) in [7, 11) is 0. The Bertz CT molecular complexity index is 529. The molecule has 2 N–H and O–H groups in total. The van der Waals surface area contributed by atoms with Crippen LogP contribution in [0.4, 0.5) is 0 Å². The summed E-state index contributed by atoms with van der Waals surface area (Å²) in [4.78, 5) is 4.57. The number of hydrogen-bond acceptors (Lipinski definition) is 5. The number of aliphatic hydroxyl groups excluding tert-OH is 2. The van der Waals surface area contributed by atoms with Crippen LogP contribution in [-0.2, 0) is 11.2 Å². The number of aryl methyl sites for hydroxylation is 1. The van der Waals surface area contributed by atoms with Crippen molar-refractivity contribution in [1.29, 1.82) is 0 Å². The summed E-state index contributed by atoms with van der Waals surface area (Å²) in [5.74, 6) is 0. The maximum Gasteiger partial charge on any atom is 0.0900 e. The van der Waals surface area contributed by atoms with Crippen LogP contribution in [0, 0.1) is 0 Å². The van der Waals surface area contributed by atoms with Crippen LogP contribution in [0.1, 0.15) is 37.0 Å². The lowest BCUT2D eigenvalue weighted by Gasteiger charge is -2.36. The Morgan fingerprint density at radius 2 is 1.76 bits per heavy atom. The number of aliphatic hydroxyl groups is 2. The standard InChI is InChI=1S/C20H32N2O3/c1-16(23)13-21-9-11-22(12-10-21)14-18(24)15-25-20-8-4-6-17-5-2-3-7-19(17)20/h2-3,5,7,16,18,20,23-24H,4,6,8-15H2,1H3/t16-,18+,20-/m0/s1. The van der Waals surface area contributed by atoms with Gasteiger partial charge in [0, 0.05) is 39.3 Å². The molecule has 3 atom stereocenters. The van der Waals surface area contributed by atoms with Gasteiger partial charge in [-0.3, -0.25) is 9.80 Å². The Kier molecular flexibility index (Phi) is 6.84. The quantitative estimate of drug-likeness (QED) is 0.781. The molecular formula is C20H32N2O3. The molecule has 3 rings (SSSR count). The molecule has 0 unspecified atom stereocenters. The van der Waals surface area contributed by atoms with E-state index in [0.717, 1.165) is 52.0 Å². The van der Waals surface area contributed by atoms with E-state index in [0.29, 0.717) is 13.2 Å². The highest BCUT2D eigenvalue weighted by atomic mass is 16.5. The normalized spacial score (nSPS) is 24.7. The third-order valence-corrected chi connectivity index (χ3v) is 5.26. The Morgan fingerprint density at radius 1 is 1.08 bits per heavy atom. The first-order valence-electron chi connectivity index (χ1n) is 9.62. The summed E-state index contributed by atoms with van der Waals surface area (Å²) in [6.07, 6.45) is 2.74. The van der Waals surface area contributed by atoms with Crippen molar-refractivity contribution in [2.45, 2.75) is 44.5 Å². The molecule has 0 spiro atoms. The maximum absolute atomic E-state index is 10.4. The Morgan fingerprint density at radius 3 is 2.48 bits per heavy atom. The van der Waals surface area contributed by atoms with Gasteiger partial charge in [-0.15, -0.1) is 0 Å². The van der Waals surface area contributed by atoms with Crippen molar-refractivity contribution in [2.75, 3.05) is 45.9 Å². The third kappa shape index (κ3) is 5.50. The first kappa shape index (κ1) is 18.8. The fraction of sp³-hybridized carbons (Fsp3) is 0.700. The van der Waals surface area contributed by atoms with Gasteiger partial charge in [0.2, 0.25) is 0 Å². The van der Waals surface area contributed by atoms with Crippen LogP contribution in [0.15, 0.2) is 24.3 Å². The zero-order valence-electron chi connectivity index (χ0n) is 15.3. The lowest BCUT2D eigenvalue weighted by Crippen LogP contribution is -2.50. The predicted molar refractivity (Wildman–Crippen MR) is 98.6 cm³/mol. The Balaban J connectivity index is 1.40. The van der Waals surface area contributed by atoms with E-state index < -0.39 is 6.10 Å². The van der Waals surface area contributed by atoms with Crippen molar-refractivity contribution in [3.8, 4) is 0 Å². The van der Waals surface area contributed by atoms with Gasteiger partial charge in [-0.2, -0.15) is 0 Å². The smallest absolute Gasteiger partial charge is 0.0900 e. The third-order valence-electron chi connectivity index (χ3n) is 5.26. The second kappa shape index (κ2) is 9.10. The van der Waals surface area contributed by atoms with E-state index >= 15 is 0 Å². The highest BCUT2D eigenvalue weighted by Crippen LogP contribution is 2.32. The number of fused-ring (bicyclic) bond motifs is 1. The minimum Gasteiger partial charge on any atom is -0.392 e. The molecule has 1 heterocycles. The van der Waals surface area contributed by atoms with Gasteiger partial charge in [0.1, 0.15) is 0 Å². The lowest BCUT2D eigenvalue weighted by atomic mass is 9.89. The number of hydrogen-bond donors (Lipinski definition) is 2. The molecule has 25 heavy (non-hydrogen) atoms. The number of β-amino-alcohol motifs (C(OH)–C–C–N with tert-alkyl or cyclic N) is 2. The molecule has 0 saturated carbocycles. The summed E-state index contributed by atoms with van der Waals surface area (Å²) in [5, 5.41) is 19.8. The van der Waals surface area contributed by atoms with Gasteiger partial charge < -0.3 is 14.9 Å². The van der Waals surface area contributed by atoms with Crippen LogP contribution in [0.25, 0.3) is 0 Å². The van der Waals surface area contributed by atoms with Crippen molar-refractivity contribution >= 4 is 0 Å². The highest BCUT2D eigenvalue weighted by Gasteiger charge is 2.23. The van der Waals surface area contributed by atoms with Crippen molar-refractivity contribution in [2.24, 2.45) is 0 Å². The van der Waals surface area contributed by atoms with Crippen LogP contribution < -0.4 is 0 Å². The van der Waals surface area contributed by atoms with E-state index in [-0.39, 0.29) is 12.2 Å². The summed E-state index contributed by atoms with van der Waals surface area (Å²) < 4.78 is 6.07. The zero-order valence-corrected chi connectivity index (χ0v) is 15.3. The molecule has 0 aromatic heterocycles. The molecule has 5 heteroatoms. The number of rotatable bonds is 7. The second-order valence-electron chi connectivity index (χ2n) is 7.52. The topological polar surface area (TPSA) is 56.2 Å². The molecule has 1 aromatic carbocycles. The molecule has 0 radical (unpaired) electrons. The van der Waals surface area contributed by atoms with Crippen molar-refractivity contribution in [3.63, 3.8) is 0 Å². The molecule has 2 aliphatic rings. The number of nitrogens with zero attached hydrogens (tertiary/aromatic N) is 2. The number of ether oxygens (including phenoxy) is 1. The summed E-state index contributed by atoms with van der Waals surface area (Å²) in [6.45, 7) is 7.41. The summed E-state index contributed by atoms with van der Waals surface area (Å²) in [6, 6.07) is 8.51. The van der Waals surface area contributed by atoms with Crippen molar-refractivity contribution in [1.82, 2.24) is 9.80 Å². The van der Waals surface area contributed by atoms with Crippen LogP contribution in [0.2, 0.25) is 0 Å². The molecule has 1 fully saturated rings. The number of piperazine rings is 1. The van der Waals surface area contributed by atoms with Crippen LogP contribution in [-0.4, -0.2) is 78.1 Å². The van der Waals surface area contributed by atoms with Crippen LogP contribution >= 0.6 is 0 Å². The van der Waals surface area contributed by atoms with E-state index in [1.54, 1.807) is 0 Å². The summed E-state index contributed by atoms with van der Waals surface area (Å²) in [5.41, 5.74) is 2.69. The van der Waals surface area contributed by atoms with Crippen LogP contribution in [0.3, 0.4) is 0 Å². The first-order valence-corrected chi connectivity index (χ1v) is 9.62. The van der Waals surface area contributed by atoms with E-state index in [4.69, 9.17) is 4.74 Å². The van der Waals surface area contributed by atoms with Gasteiger partial charge in [-0.05, 0) is 37.3 Å². The molecule has 5 nitrogen and oxygen atoms in total. The fourth-order valence-corrected chi connectivity index (χ4v) is 3.99. The van der Waals surface area contributed by atoms with E-state index in [9.17, 15) is 10.2 Å². The average molecular weight is 348 g/mol. The fourth-order valence-electron chi connectivity index (χ4n) is 3.99. The lowest BCUT2D eigenvalue weighted by molar-refractivity contribution is -0.0332. The molecule has 1 aliphatic carbocycles. The number of benzene rings is 1. The highest BCUT2D eigenvalue weighted by molar-refractivity contribution is 5.31. The van der Waals surface area contributed by atoms with E-state index in [2.05, 4.69) is 34.1 Å². The molecule has 1 saturated heterocycles. The van der Waals surface area contributed by atoms with Gasteiger partial charge in [-0.1, -0.05) is 24.3 Å². The van der Waals surface area contributed by atoms with E-state index in [1.807, 2.05) is 6.92 Å². The maximum atomic E-state index is 10.4. The average Bonchev–Trinajstić information content (AvgIpc) is 2.61. The largest absolute Gasteiger partial charge is 0.392 e. The zero-order chi connectivity index (χ0) is 17.6. The van der Waals surface area contributed by atoms with Crippen molar-refractivity contribution < 1.29 is 14.9 Å². The van der Waals surface area contributed by atoms with Gasteiger partial charge in [0.25, 0.3) is 0 Å². The molecule has 140 valence electrons. The minimum atomic E-state index is -0.447. The SMILES string of the molecule is C[C@H](O)CN1CCN(C[C@@H](O)CO[C@H]2CCCc3ccccc32)CC1. The van der Waals surface area contributed by atoms with Gasteiger partial charge in [0.15, 0.2) is 0 Å². The predicted octanol–water partition coefficient (Wildman–Crippen LogP) is 1.44. The Hall–Kier alpha value is -0.980. The second-order valence-corrected chi connectivity index (χ2v) is 7.52.